The normalized spacial score (nSPS) is 11.6. The van der Waals surface area contributed by atoms with Crippen molar-refractivity contribution in [1.82, 2.24) is 4.98 Å². The first-order valence-electron chi connectivity index (χ1n) is 4.15. The highest BCUT2D eigenvalue weighted by molar-refractivity contribution is 8.00. The molecule has 0 unspecified atom stereocenters. The van der Waals surface area contributed by atoms with Crippen LogP contribution in [0.15, 0.2) is 23.4 Å². The van der Waals surface area contributed by atoms with E-state index >= 15 is 0 Å². The van der Waals surface area contributed by atoms with Crippen molar-refractivity contribution in [3.8, 4) is 0 Å². The van der Waals surface area contributed by atoms with Crippen molar-refractivity contribution in [3.63, 3.8) is 0 Å². The molecule has 4 N–H and O–H groups in total. The Kier molecular flexibility index (Phi) is 3.17. The van der Waals surface area contributed by atoms with Gasteiger partial charge in [-0.1, -0.05) is 11.8 Å². The summed E-state index contributed by atoms with van der Waals surface area (Å²) in [7, 11) is 0. The summed E-state index contributed by atoms with van der Waals surface area (Å²) >= 11 is 1.61. The summed E-state index contributed by atoms with van der Waals surface area (Å²) < 4.78 is -0.0114. The van der Waals surface area contributed by atoms with Crippen LogP contribution < -0.4 is 11.5 Å². The van der Waals surface area contributed by atoms with Gasteiger partial charge in [-0.15, -0.1) is 0 Å². The molecular formula is C9H15N3S. The molecule has 0 bridgehead atoms. The number of nitrogens with zero attached hydrogens (tertiary/aromatic N) is 1. The van der Waals surface area contributed by atoms with Gasteiger partial charge in [-0.25, -0.2) is 4.98 Å². The number of rotatable bonds is 3. The van der Waals surface area contributed by atoms with E-state index in [2.05, 4.69) is 18.8 Å². The van der Waals surface area contributed by atoms with Crippen molar-refractivity contribution in [2.45, 2.75) is 23.6 Å². The summed E-state index contributed by atoms with van der Waals surface area (Å²) in [5, 5.41) is 0.859. The largest absolute Gasteiger partial charge is 0.397 e. The zero-order valence-electron chi connectivity index (χ0n) is 7.95. The summed E-state index contributed by atoms with van der Waals surface area (Å²) in [4.78, 5) is 4.19. The Balaban J connectivity index is 2.80. The van der Waals surface area contributed by atoms with Gasteiger partial charge in [-0.3, -0.25) is 0 Å². The summed E-state index contributed by atoms with van der Waals surface area (Å²) in [6.45, 7) is 4.76. The van der Waals surface area contributed by atoms with Crippen molar-refractivity contribution in [1.29, 1.82) is 0 Å². The van der Waals surface area contributed by atoms with E-state index in [9.17, 15) is 0 Å². The molecule has 3 nitrogen and oxygen atoms in total. The minimum absolute atomic E-state index is 0.0114. The second kappa shape index (κ2) is 3.98. The van der Waals surface area contributed by atoms with Crippen molar-refractivity contribution in [2.75, 3.05) is 12.3 Å². The highest BCUT2D eigenvalue weighted by Gasteiger charge is 2.18. The number of hydrogen-bond acceptors (Lipinski definition) is 4. The van der Waals surface area contributed by atoms with E-state index in [1.54, 1.807) is 18.0 Å². The van der Waals surface area contributed by atoms with Gasteiger partial charge in [0, 0.05) is 17.5 Å². The van der Waals surface area contributed by atoms with Crippen molar-refractivity contribution in [3.05, 3.63) is 18.3 Å². The predicted octanol–water partition coefficient (Wildman–Crippen LogP) is 1.49. The van der Waals surface area contributed by atoms with Crippen molar-refractivity contribution >= 4 is 17.4 Å². The van der Waals surface area contributed by atoms with Gasteiger partial charge >= 0.3 is 0 Å². The number of nitrogens with two attached hydrogens (primary N) is 2. The van der Waals surface area contributed by atoms with Gasteiger partial charge in [0.25, 0.3) is 0 Å². The second-order valence-corrected chi connectivity index (χ2v) is 5.16. The molecule has 4 heteroatoms. The maximum absolute atomic E-state index is 5.76. The minimum atomic E-state index is -0.0114. The average Bonchev–Trinajstić information content (AvgIpc) is 2.09. The number of pyridine rings is 1. The van der Waals surface area contributed by atoms with Crippen LogP contribution in [0.1, 0.15) is 13.8 Å². The fourth-order valence-electron chi connectivity index (χ4n) is 0.792. The topological polar surface area (TPSA) is 64.9 Å². The molecule has 1 aromatic rings. The summed E-state index contributed by atoms with van der Waals surface area (Å²) in [6.07, 6.45) is 1.74. The summed E-state index contributed by atoms with van der Waals surface area (Å²) in [5.74, 6) is 0. The fraction of sp³-hybridized carbons (Fsp3) is 0.444. The fourth-order valence-corrected chi connectivity index (χ4v) is 1.70. The van der Waals surface area contributed by atoms with Gasteiger partial charge in [0.1, 0.15) is 5.03 Å². The van der Waals surface area contributed by atoms with Crippen LogP contribution in [0.3, 0.4) is 0 Å². The molecule has 0 fully saturated rings. The first kappa shape index (κ1) is 10.3. The van der Waals surface area contributed by atoms with E-state index in [-0.39, 0.29) is 4.75 Å². The molecule has 0 atom stereocenters. The second-order valence-electron chi connectivity index (χ2n) is 3.46. The van der Waals surface area contributed by atoms with Gasteiger partial charge in [0.05, 0.1) is 5.69 Å². The first-order chi connectivity index (χ1) is 6.05. The Morgan fingerprint density at radius 1 is 1.54 bits per heavy atom. The molecule has 0 aliphatic carbocycles. The third kappa shape index (κ3) is 2.90. The molecule has 0 aliphatic heterocycles. The van der Waals surface area contributed by atoms with Gasteiger partial charge in [0.2, 0.25) is 0 Å². The Morgan fingerprint density at radius 3 is 2.77 bits per heavy atom. The lowest BCUT2D eigenvalue weighted by Gasteiger charge is -2.21. The van der Waals surface area contributed by atoms with Crippen LogP contribution in [0.5, 0.6) is 0 Å². The maximum atomic E-state index is 5.76. The number of anilines is 1. The molecule has 0 radical (unpaired) electrons. The van der Waals surface area contributed by atoms with Gasteiger partial charge in [-0.05, 0) is 26.0 Å². The quantitative estimate of drug-likeness (QED) is 0.721. The summed E-state index contributed by atoms with van der Waals surface area (Å²) in [6, 6.07) is 3.68. The molecular weight excluding hydrogens is 182 g/mol. The van der Waals surface area contributed by atoms with E-state index in [1.165, 1.54) is 0 Å². The van der Waals surface area contributed by atoms with E-state index < -0.39 is 0 Å². The first-order valence-corrected chi connectivity index (χ1v) is 4.96. The Bertz CT molecular complexity index is 286. The van der Waals surface area contributed by atoms with Gasteiger partial charge in [0.15, 0.2) is 0 Å². The third-order valence-electron chi connectivity index (χ3n) is 1.67. The monoisotopic (exact) mass is 197 g/mol. The molecule has 0 aromatic carbocycles. The van der Waals surface area contributed by atoms with Crippen LogP contribution >= 0.6 is 11.8 Å². The van der Waals surface area contributed by atoms with Crippen LogP contribution in [-0.2, 0) is 0 Å². The zero-order valence-corrected chi connectivity index (χ0v) is 8.77. The smallest absolute Gasteiger partial charge is 0.119 e. The highest BCUT2D eigenvalue weighted by atomic mass is 32.2. The molecule has 13 heavy (non-hydrogen) atoms. The average molecular weight is 197 g/mol. The molecule has 0 aliphatic rings. The van der Waals surface area contributed by atoms with Gasteiger partial charge < -0.3 is 11.5 Å². The highest BCUT2D eigenvalue weighted by Crippen LogP contribution is 2.32. The molecule has 0 spiro atoms. The van der Waals surface area contributed by atoms with E-state index in [4.69, 9.17) is 11.5 Å². The molecule has 0 amide bonds. The molecule has 0 saturated carbocycles. The van der Waals surface area contributed by atoms with Crippen molar-refractivity contribution < 1.29 is 0 Å². The van der Waals surface area contributed by atoms with Crippen LogP contribution in [-0.4, -0.2) is 16.3 Å². The molecule has 1 aromatic heterocycles. The van der Waals surface area contributed by atoms with E-state index in [0.29, 0.717) is 12.2 Å². The van der Waals surface area contributed by atoms with E-state index in [0.717, 1.165) is 5.03 Å². The maximum Gasteiger partial charge on any atom is 0.119 e. The molecule has 72 valence electrons. The van der Waals surface area contributed by atoms with Crippen LogP contribution in [0, 0.1) is 0 Å². The van der Waals surface area contributed by atoms with Gasteiger partial charge in [-0.2, -0.15) is 0 Å². The number of aromatic nitrogens is 1. The molecule has 0 saturated heterocycles. The third-order valence-corrected chi connectivity index (χ3v) is 2.92. The number of hydrogen-bond donors (Lipinski definition) is 2. The Hall–Kier alpha value is -0.740. The SMILES string of the molecule is CC(C)(CN)Sc1ncccc1N. The zero-order chi connectivity index (χ0) is 9.90. The molecule has 1 rings (SSSR count). The molecule has 1 heterocycles. The summed E-state index contributed by atoms with van der Waals surface area (Å²) in [5.41, 5.74) is 12.1. The Morgan fingerprint density at radius 2 is 2.23 bits per heavy atom. The lowest BCUT2D eigenvalue weighted by molar-refractivity contribution is 0.721. The van der Waals surface area contributed by atoms with Crippen LogP contribution in [0.4, 0.5) is 5.69 Å². The number of nitrogen functional groups attached to an aromatic ring is 1. The standard InChI is InChI=1S/C9H15N3S/c1-9(2,6-10)13-8-7(11)4-3-5-12-8/h3-5H,6,10-11H2,1-2H3. The number of thioether (sulfide) groups is 1. The Labute approximate surface area is 82.9 Å². The van der Waals surface area contributed by atoms with Crippen LogP contribution in [0.25, 0.3) is 0 Å². The lowest BCUT2D eigenvalue weighted by atomic mass is 10.2. The predicted molar refractivity (Wildman–Crippen MR) is 57.6 cm³/mol. The van der Waals surface area contributed by atoms with Crippen molar-refractivity contribution in [2.24, 2.45) is 5.73 Å². The van der Waals surface area contributed by atoms with Crippen LogP contribution in [0.2, 0.25) is 0 Å². The lowest BCUT2D eigenvalue weighted by Crippen LogP contribution is -2.26. The van der Waals surface area contributed by atoms with E-state index in [1.807, 2.05) is 12.1 Å². The minimum Gasteiger partial charge on any atom is -0.397 e.